The van der Waals surface area contributed by atoms with E-state index in [9.17, 15) is 9.59 Å². The van der Waals surface area contributed by atoms with Gasteiger partial charge in [-0.1, -0.05) is 18.6 Å². The first kappa shape index (κ1) is 17.8. The maximum absolute atomic E-state index is 13.2. The number of carbonyl (C=O) groups excluding carboxylic acids is 2. The van der Waals surface area contributed by atoms with E-state index in [-0.39, 0.29) is 23.9 Å². The zero-order valence-electron chi connectivity index (χ0n) is 15.2. The molecule has 0 spiro atoms. The van der Waals surface area contributed by atoms with Gasteiger partial charge in [0.25, 0.3) is 0 Å². The van der Waals surface area contributed by atoms with Crippen molar-refractivity contribution in [1.29, 1.82) is 0 Å². The second-order valence-corrected chi connectivity index (χ2v) is 7.26. The van der Waals surface area contributed by atoms with E-state index in [0.717, 1.165) is 30.6 Å². The van der Waals surface area contributed by atoms with Gasteiger partial charge in [0.1, 0.15) is 11.8 Å². The van der Waals surface area contributed by atoms with Gasteiger partial charge in [-0.25, -0.2) is 0 Å². The molecule has 1 aromatic rings. The Morgan fingerprint density at radius 2 is 1.96 bits per heavy atom. The Morgan fingerprint density at radius 1 is 1.24 bits per heavy atom. The molecule has 0 unspecified atom stereocenters. The predicted molar refractivity (Wildman–Crippen MR) is 96.1 cm³/mol. The zero-order chi connectivity index (χ0) is 17.8. The SMILES string of the molecule is COc1ccc(CN(C(=O)[C@H]2CCCCC(=O)N2)[C@@H](C)C2CC2)cc1. The fourth-order valence-corrected chi connectivity index (χ4v) is 3.54. The lowest BCUT2D eigenvalue weighted by Gasteiger charge is -2.33. The van der Waals surface area contributed by atoms with Gasteiger partial charge in [-0.3, -0.25) is 9.59 Å². The van der Waals surface area contributed by atoms with E-state index in [0.29, 0.717) is 18.9 Å². The van der Waals surface area contributed by atoms with Crippen molar-refractivity contribution in [3.05, 3.63) is 29.8 Å². The van der Waals surface area contributed by atoms with Crippen LogP contribution in [0, 0.1) is 5.92 Å². The third-order valence-corrected chi connectivity index (χ3v) is 5.37. The van der Waals surface area contributed by atoms with Crippen LogP contribution in [0.25, 0.3) is 0 Å². The smallest absolute Gasteiger partial charge is 0.245 e. The van der Waals surface area contributed by atoms with Crippen LogP contribution in [0.5, 0.6) is 5.75 Å². The van der Waals surface area contributed by atoms with Gasteiger partial charge in [-0.15, -0.1) is 0 Å². The Morgan fingerprint density at radius 3 is 2.60 bits per heavy atom. The van der Waals surface area contributed by atoms with E-state index < -0.39 is 0 Å². The van der Waals surface area contributed by atoms with Crippen LogP contribution in [0.4, 0.5) is 0 Å². The molecular weight excluding hydrogens is 316 g/mol. The monoisotopic (exact) mass is 344 g/mol. The lowest BCUT2D eigenvalue weighted by atomic mass is 10.1. The van der Waals surface area contributed by atoms with Gasteiger partial charge >= 0.3 is 0 Å². The summed E-state index contributed by atoms with van der Waals surface area (Å²) in [5.41, 5.74) is 1.08. The molecule has 5 heteroatoms. The molecule has 2 fully saturated rings. The van der Waals surface area contributed by atoms with Gasteiger partial charge in [-0.2, -0.15) is 0 Å². The van der Waals surface area contributed by atoms with Crippen LogP contribution in [0.3, 0.4) is 0 Å². The molecule has 1 N–H and O–H groups in total. The van der Waals surface area contributed by atoms with Crippen molar-refractivity contribution in [2.75, 3.05) is 7.11 Å². The van der Waals surface area contributed by atoms with Crippen LogP contribution < -0.4 is 10.1 Å². The molecule has 0 bridgehead atoms. The Hall–Kier alpha value is -2.04. The second kappa shape index (κ2) is 7.89. The zero-order valence-corrected chi connectivity index (χ0v) is 15.2. The van der Waals surface area contributed by atoms with Crippen molar-refractivity contribution in [3.63, 3.8) is 0 Å². The maximum Gasteiger partial charge on any atom is 0.245 e. The van der Waals surface area contributed by atoms with Crippen LogP contribution in [0.1, 0.15) is 51.0 Å². The fourth-order valence-electron chi connectivity index (χ4n) is 3.54. The van der Waals surface area contributed by atoms with Crippen LogP contribution in [-0.2, 0) is 16.1 Å². The Balaban J connectivity index is 1.75. The van der Waals surface area contributed by atoms with E-state index >= 15 is 0 Å². The van der Waals surface area contributed by atoms with Crippen molar-refractivity contribution >= 4 is 11.8 Å². The number of ether oxygens (including phenoxy) is 1. The van der Waals surface area contributed by atoms with E-state index in [2.05, 4.69) is 12.2 Å². The highest BCUT2D eigenvalue weighted by atomic mass is 16.5. The maximum atomic E-state index is 13.2. The third kappa shape index (κ3) is 4.53. The molecule has 3 rings (SSSR count). The summed E-state index contributed by atoms with van der Waals surface area (Å²) in [6.45, 7) is 2.71. The van der Waals surface area contributed by atoms with Gasteiger partial charge in [-0.05, 0) is 56.2 Å². The first-order valence-corrected chi connectivity index (χ1v) is 9.31. The Bertz CT molecular complexity index is 610. The van der Waals surface area contributed by atoms with Crippen molar-refractivity contribution in [2.24, 2.45) is 5.92 Å². The van der Waals surface area contributed by atoms with Crippen molar-refractivity contribution in [1.82, 2.24) is 10.2 Å². The summed E-state index contributed by atoms with van der Waals surface area (Å²) in [6, 6.07) is 7.68. The number of benzene rings is 1. The fraction of sp³-hybridized carbons (Fsp3) is 0.600. The molecule has 5 nitrogen and oxygen atoms in total. The van der Waals surface area contributed by atoms with Crippen molar-refractivity contribution < 1.29 is 14.3 Å². The molecular formula is C20H28N2O3. The van der Waals surface area contributed by atoms with Crippen molar-refractivity contribution in [3.8, 4) is 5.75 Å². The van der Waals surface area contributed by atoms with E-state index in [4.69, 9.17) is 4.74 Å². The highest BCUT2D eigenvalue weighted by Gasteiger charge is 2.37. The van der Waals surface area contributed by atoms with E-state index in [1.807, 2.05) is 29.2 Å². The molecule has 2 aliphatic rings. The predicted octanol–water partition coefficient (Wildman–Crippen LogP) is 2.88. The van der Waals surface area contributed by atoms with Gasteiger partial charge in [0.2, 0.25) is 11.8 Å². The summed E-state index contributed by atoms with van der Waals surface area (Å²) in [5, 5.41) is 2.93. The Kier molecular flexibility index (Phi) is 5.61. The van der Waals surface area contributed by atoms with Gasteiger partial charge in [0, 0.05) is 19.0 Å². The molecule has 1 saturated heterocycles. The van der Waals surface area contributed by atoms with E-state index in [1.54, 1.807) is 7.11 Å². The second-order valence-electron chi connectivity index (χ2n) is 7.26. The van der Waals surface area contributed by atoms with Gasteiger partial charge in [0.15, 0.2) is 0 Å². The van der Waals surface area contributed by atoms with Crippen molar-refractivity contribution in [2.45, 2.75) is 64.1 Å². The minimum Gasteiger partial charge on any atom is -0.497 e. The number of methoxy groups -OCH3 is 1. The highest BCUT2D eigenvalue weighted by Crippen LogP contribution is 2.36. The molecule has 25 heavy (non-hydrogen) atoms. The lowest BCUT2D eigenvalue weighted by Crippen LogP contribution is -2.50. The molecule has 1 aromatic carbocycles. The third-order valence-electron chi connectivity index (χ3n) is 5.37. The van der Waals surface area contributed by atoms with Crippen LogP contribution in [-0.4, -0.2) is 35.9 Å². The number of hydrogen-bond acceptors (Lipinski definition) is 3. The summed E-state index contributed by atoms with van der Waals surface area (Å²) in [7, 11) is 1.65. The summed E-state index contributed by atoms with van der Waals surface area (Å²) in [5.74, 6) is 1.46. The largest absolute Gasteiger partial charge is 0.497 e. The normalized spacial score (nSPS) is 21.8. The number of nitrogens with zero attached hydrogens (tertiary/aromatic N) is 1. The van der Waals surface area contributed by atoms with Gasteiger partial charge in [0.05, 0.1) is 7.11 Å². The standard InChI is InChI=1S/C20H28N2O3/c1-14(16-9-10-16)22(13-15-7-11-17(25-2)12-8-15)20(24)18-5-3-4-6-19(23)21-18/h7-8,11-12,14,16,18H,3-6,9-10,13H2,1-2H3,(H,21,23)/t14-,18+/m0/s1. The van der Waals surface area contributed by atoms with Crippen LogP contribution in [0.15, 0.2) is 24.3 Å². The minimum absolute atomic E-state index is 0.000627. The summed E-state index contributed by atoms with van der Waals surface area (Å²) in [4.78, 5) is 27.0. The van der Waals surface area contributed by atoms with Gasteiger partial charge < -0.3 is 15.0 Å². The van der Waals surface area contributed by atoms with Crippen LogP contribution >= 0.6 is 0 Å². The average molecular weight is 344 g/mol. The number of carbonyl (C=O) groups is 2. The highest BCUT2D eigenvalue weighted by molar-refractivity contribution is 5.88. The number of hydrogen-bond donors (Lipinski definition) is 1. The first-order valence-electron chi connectivity index (χ1n) is 9.31. The molecule has 2 atom stereocenters. The average Bonchev–Trinajstić information content (AvgIpc) is 3.47. The summed E-state index contributed by atoms with van der Waals surface area (Å²) >= 11 is 0. The number of nitrogens with one attached hydrogen (secondary N) is 1. The molecule has 0 radical (unpaired) electrons. The number of amides is 2. The van der Waals surface area contributed by atoms with E-state index in [1.165, 1.54) is 12.8 Å². The lowest BCUT2D eigenvalue weighted by molar-refractivity contribution is -0.139. The Labute approximate surface area is 149 Å². The topological polar surface area (TPSA) is 58.6 Å². The molecule has 136 valence electrons. The summed E-state index contributed by atoms with van der Waals surface area (Å²) < 4.78 is 5.21. The first-order chi connectivity index (χ1) is 12.1. The number of rotatable bonds is 6. The molecule has 1 aliphatic carbocycles. The quantitative estimate of drug-likeness (QED) is 0.863. The molecule has 1 heterocycles. The van der Waals surface area contributed by atoms with Crippen LogP contribution in [0.2, 0.25) is 0 Å². The minimum atomic E-state index is -0.380. The molecule has 0 aromatic heterocycles. The molecule has 1 saturated carbocycles. The summed E-state index contributed by atoms with van der Waals surface area (Å²) in [6.07, 6.45) is 5.42. The molecule has 2 amide bonds. The molecule has 1 aliphatic heterocycles.